The molecule has 1 rings (SSSR count). The molecule has 0 spiro atoms. The fourth-order valence-electron chi connectivity index (χ4n) is 2.76. The monoisotopic (exact) mass is 277 g/mol. The van der Waals surface area contributed by atoms with E-state index in [1.807, 2.05) is 7.11 Å². The van der Waals surface area contributed by atoms with E-state index in [9.17, 15) is 0 Å². The lowest BCUT2D eigenvalue weighted by Gasteiger charge is -2.38. The Morgan fingerprint density at radius 2 is 2.00 bits per heavy atom. The summed E-state index contributed by atoms with van der Waals surface area (Å²) in [4.78, 5) is 0. The Morgan fingerprint density at radius 3 is 2.44 bits per heavy atom. The minimum absolute atomic E-state index is 0.240. The maximum Gasteiger partial charge on any atom is 0.104 e. The highest BCUT2D eigenvalue weighted by atomic mass is 31.2. The van der Waals surface area contributed by atoms with E-state index < -0.39 is 8.30 Å². The maximum atomic E-state index is 7.80. The van der Waals surface area contributed by atoms with Gasteiger partial charge >= 0.3 is 0 Å². The predicted molar refractivity (Wildman–Crippen MR) is 79.0 cm³/mol. The molecule has 1 saturated heterocycles. The van der Waals surface area contributed by atoms with Crippen LogP contribution in [-0.2, 0) is 9.26 Å². The van der Waals surface area contributed by atoms with Crippen LogP contribution in [0.5, 0.6) is 0 Å². The smallest absolute Gasteiger partial charge is 0.104 e. The summed E-state index contributed by atoms with van der Waals surface area (Å²) in [7, 11) is 1.22. The van der Waals surface area contributed by atoms with Crippen LogP contribution in [-0.4, -0.2) is 42.7 Å². The van der Waals surface area contributed by atoms with Crippen LogP contribution in [0.3, 0.4) is 0 Å². The number of hydrogen-bond donors (Lipinski definition) is 0. The van der Waals surface area contributed by atoms with Gasteiger partial charge in [-0.3, -0.25) is 4.67 Å². The average Bonchev–Trinajstić information content (AvgIpc) is 2.67. The highest BCUT2D eigenvalue weighted by Crippen LogP contribution is 2.47. The zero-order valence-corrected chi connectivity index (χ0v) is 13.6. The lowest BCUT2D eigenvalue weighted by Crippen LogP contribution is -2.35. The SMILES string of the molecule is [3H]C1C[C@H](CP(OC)N(C(C)C)C(C)C)[C@@H](CC)O1. The molecule has 1 heterocycles. The summed E-state index contributed by atoms with van der Waals surface area (Å²) < 4.78 is 21.7. The van der Waals surface area contributed by atoms with Crippen molar-refractivity contribution in [1.82, 2.24) is 4.67 Å². The summed E-state index contributed by atoms with van der Waals surface area (Å²) in [5.41, 5.74) is 0. The first-order valence-electron chi connectivity index (χ1n) is 7.66. The first kappa shape index (κ1) is 14.7. The molecule has 4 heteroatoms. The molecule has 3 nitrogen and oxygen atoms in total. The molecule has 0 saturated carbocycles. The highest BCUT2D eigenvalue weighted by Gasteiger charge is 2.33. The zero-order chi connectivity index (χ0) is 14.6. The van der Waals surface area contributed by atoms with Crippen LogP contribution in [0, 0.1) is 5.92 Å². The van der Waals surface area contributed by atoms with Crippen LogP contribution in [0.4, 0.5) is 0 Å². The van der Waals surface area contributed by atoms with Gasteiger partial charge in [-0.15, -0.1) is 0 Å². The number of nitrogens with zero attached hydrogens (tertiary/aromatic N) is 1. The van der Waals surface area contributed by atoms with Crippen molar-refractivity contribution < 1.29 is 10.6 Å². The standard InChI is InChI=1S/C14H30NO2P/c1-7-14-13(8-9-17-14)10-18(16-6)15(11(2)3)12(4)5/h11-14H,7-10H2,1-6H3/t13-,14-,18?/m1/s1/i9T/t9?,13-,14-,18?. The molecule has 0 N–H and O–H groups in total. The average molecular weight is 277 g/mol. The van der Waals surface area contributed by atoms with Gasteiger partial charge in [-0.05, 0) is 46.5 Å². The predicted octanol–water partition coefficient (Wildman–Crippen LogP) is 3.88. The van der Waals surface area contributed by atoms with Gasteiger partial charge in [0.25, 0.3) is 0 Å². The van der Waals surface area contributed by atoms with Crippen molar-refractivity contribution in [3.63, 3.8) is 0 Å². The van der Waals surface area contributed by atoms with Crippen LogP contribution in [0.1, 0.15) is 48.8 Å². The van der Waals surface area contributed by atoms with E-state index in [1.165, 1.54) is 0 Å². The van der Waals surface area contributed by atoms with E-state index in [0.29, 0.717) is 18.0 Å². The lowest BCUT2D eigenvalue weighted by atomic mass is 10.0. The van der Waals surface area contributed by atoms with Gasteiger partial charge in [-0.25, -0.2) is 0 Å². The third kappa shape index (κ3) is 4.16. The summed E-state index contributed by atoms with van der Waals surface area (Å²) >= 11 is 0. The molecule has 0 aromatic heterocycles. The molecule has 0 aromatic rings. The molecular formula is C14H30NO2P. The van der Waals surface area contributed by atoms with Crippen molar-refractivity contribution in [2.24, 2.45) is 5.92 Å². The van der Waals surface area contributed by atoms with E-state index in [0.717, 1.165) is 19.0 Å². The molecule has 1 fully saturated rings. The first-order valence-corrected chi connectivity index (χ1v) is 8.48. The van der Waals surface area contributed by atoms with Gasteiger partial charge < -0.3 is 9.26 Å². The Hall–Kier alpha value is 0.310. The Bertz CT molecular complexity index is 258. The molecular weight excluding hydrogens is 245 g/mol. The third-order valence-electron chi connectivity index (χ3n) is 3.52. The van der Waals surface area contributed by atoms with E-state index in [-0.39, 0.29) is 12.7 Å². The van der Waals surface area contributed by atoms with Crippen LogP contribution >= 0.6 is 8.30 Å². The largest absolute Gasteiger partial charge is 0.378 e. The Morgan fingerprint density at radius 1 is 1.39 bits per heavy atom. The van der Waals surface area contributed by atoms with Gasteiger partial charge in [0.1, 0.15) is 8.30 Å². The zero-order valence-electron chi connectivity index (χ0n) is 13.7. The number of hydrogen-bond acceptors (Lipinski definition) is 3. The molecule has 0 aromatic carbocycles. The van der Waals surface area contributed by atoms with Gasteiger partial charge in [0, 0.05) is 31.9 Å². The van der Waals surface area contributed by atoms with E-state index in [2.05, 4.69) is 39.3 Å². The Labute approximate surface area is 116 Å². The second kappa shape index (κ2) is 7.79. The highest BCUT2D eigenvalue weighted by molar-refractivity contribution is 7.50. The van der Waals surface area contributed by atoms with E-state index in [4.69, 9.17) is 10.6 Å². The normalized spacial score (nSPS) is 31.4. The molecule has 1 aliphatic heterocycles. The van der Waals surface area contributed by atoms with Gasteiger partial charge in [0.2, 0.25) is 0 Å². The summed E-state index contributed by atoms with van der Waals surface area (Å²) in [6, 6.07) is 0.973. The topological polar surface area (TPSA) is 21.7 Å². The molecule has 1 aliphatic rings. The molecule has 0 radical (unpaired) electrons. The van der Waals surface area contributed by atoms with Gasteiger partial charge in [0.05, 0.1) is 7.47 Å². The first-order chi connectivity index (χ1) is 8.90. The van der Waals surface area contributed by atoms with Crippen LogP contribution in [0.2, 0.25) is 0 Å². The summed E-state index contributed by atoms with van der Waals surface area (Å²) in [6.45, 7) is 10.7. The molecule has 0 bridgehead atoms. The van der Waals surface area contributed by atoms with Gasteiger partial charge in [-0.1, -0.05) is 6.92 Å². The van der Waals surface area contributed by atoms with Crippen molar-refractivity contribution in [2.75, 3.05) is 19.9 Å². The van der Waals surface area contributed by atoms with Gasteiger partial charge in [0.15, 0.2) is 0 Å². The number of rotatable bonds is 7. The van der Waals surface area contributed by atoms with Crippen molar-refractivity contribution in [1.29, 1.82) is 0 Å². The second-order valence-electron chi connectivity index (χ2n) is 5.53. The summed E-state index contributed by atoms with van der Waals surface area (Å²) in [5, 5.41) is 0. The quantitative estimate of drug-likeness (QED) is 0.659. The molecule has 108 valence electrons. The van der Waals surface area contributed by atoms with Crippen molar-refractivity contribution in [3.8, 4) is 0 Å². The fraction of sp³-hybridized carbons (Fsp3) is 1.00. The Balaban J connectivity index is 2.69. The minimum Gasteiger partial charge on any atom is -0.378 e. The molecule has 18 heavy (non-hydrogen) atoms. The minimum atomic E-state index is -0.593. The molecule has 4 atom stereocenters. The van der Waals surface area contributed by atoms with E-state index in [1.54, 1.807) is 0 Å². The fourth-order valence-corrected chi connectivity index (χ4v) is 5.10. The van der Waals surface area contributed by atoms with Crippen LogP contribution in [0.25, 0.3) is 0 Å². The van der Waals surface area contributed by atoms with Crippen LogP contribution in [0.15, 0.2) is 0 Å². The molecule has 0 aliphatic carbocycles. The van der Waals surface area contributed by atoms with E-state index >= 15 is 0 Å². The van der Waals surface area contributed by atoms with Crippen molar-refractivity contribution >= 4 is 8.30 Å². The Kier molecular flexibility index (Phi) is 6.37. The van der Waals surface area contributed by atoms with Crippen LogP contribution < -0.4 is 0 Å². The van der Waals surface area contributed by atoms with Crippen molar-refractivity contribution in [3.05, 3.63) is 0 Å². The molecule has 2 unspecified atom stereocenters. The summed E-state index contributed by atoms with van der Waals surface area (Å²) in [6.07, 6.45) is 3.11. The molecule has 0 amide bonds. The second-order valence-corrected chi connectivity index (χ2v) is 7.43. The third-order valence-corrected chi connectivity index (χ3v) is 6.16. The summed E-state index contributed by atoms with van der Waals surface area (Å²) in [5.74, 6) is 0.471. The van der Waals surface area contributed by atoms with Crippen molar-refractivity contribution in [2.45, 2.75) is 65.6 Å². The maximum absolute atomic E-state index is 7.80. The lowest BCUT2D eigenvalue weighted by molar-refractivity contribution is 0.0909. The number of ether oxygens (including phenoxy) is 1. The van der Waals surface area contributed by atoms with Gasteiger partial charge in [-0.2, -0.15) is 0 Å².